The summed E-state index contributed by atoms with van der Waals surface area (Å²) in [6.07, 6.45) is 5.46. The summed E-state index contributed by atoms with van der Waals surface area (Å²) in [5, 5.41) is 13.2. The van der Waals surface area contributed by atoms with Gasteiger partial charge >= 0.3 is 0 Å². The Bertz CT molecular complexity index is 1030. The van der Waals surface area contributed by atoms with Crippen LogP contribution in [0.3, 0.4) is 0 Å². The second-order valence-electron chi connectivity index (χ2n) is 7.78. The van der Waals surface area contributed by atoms with Crippen molar-refractivity contribution in [2.75, 3.05) is 11.9 Å². The van der Waals surface area contributed by atoms with Crippen molar-refractivity contribution in [1.82, 2.24) is 14.3 Å². The van der Waals surface area contributed by atoms with Gasteiger partial charge in [-0.15, -0.1) is 0 Å². The van der Waals surface area contributed by atoms with Crippen LogP contribution in [0.4, 0.5) is 5.69 Å². The Labute approximate surface area is 162 Å². The summed E-state index contributed by atoms with van der Waals surface area (Å²) in [6.45, 7) is 0.460. The predicted molar refractivity (Wildman–Crippen MR) is 99.8 cm³/mol. The number of rotatable bonds is 4. The molecule has 3 fully saturated rings. The van der Waals surface area contributed by atoms with Gasteiger partial charge in [0, 0.05) is 24.6 Å². The average Bonchev–Trinajstić information content (AvgIpc) is 3.32. The lowest BCUT2D eigenvalue weighted by Crippen LogP contribution is -2.43. The van der Waals surface area contributed by atoms with Crippen molar-refractivity contribution in [2.45, 2.75) is 29.9 Å². The van der Waals surface area contributed by atoms with Crippen LogP contribution < -0.4 is 5.32 Å². The quantitative estimate of drug-likeness (QED) is 0.795. The number of aromatic nitrogens is 2. The molecule has 5 atom stereocenters. The molecule has 2 aromatic rings. The fourth-order valence-electron chi connectivity index (χ4n) is 5.12. The highest BCUT2D eigenvalue weighted by molar-refractivity contribution is 7.89. The van der Waals surface area contributed by atoms with Crippen molar-refractivity contribution >= 4 is 21.6 Å². The summed E-state index contributed by atoms with van der Waals surface area (Å²) in [5.74, 6) is 0.357. The molecule has 1 aliphatic heterocycles. The van der Waals surface area contributed by atoms with Crippen molar-refractivity contribution in [3.8, 4) is 0 Å². The highest BCUT2D eigenvalue weighted by Gasteiger charge is 2.61. The number of anilines is 1. The molecule has 1 aromatic heterocycles. The molecule has 1 amide bonds. The Morgan fingerprint density at radius 3 is 2.82 bits per heavy atom. The van der Waals surface area contributed by atoms with Crippen LogP contribution in [0.25, 0.3) is 0 Å². The summed E-state index contributed by atoms with van der Waals surface area (Å²) < 4.78 is 28.0. The van der Waals surface area contributed by atoms with Crippen LogP contribution in [0.2, 0.25) is 0 Å². The molecule has 1 aromatic carbocycles. The smallest absolute Gasteiger partial charge is 0.275 e. The molecule has 2 heterocycles. The van der Waals surface area contributed by atoms with Gasteiger partial charge in [-0.3, -0.25) is 9.78 Å². The van der Waals surface area contributed by atoms with Gasteiger partial charge in [0.15, 0.2) is 0 Å². The SMILES string of the molecule is O=C(Nc1cccc(S(=O)(=O)N2C[C@@H]3C[C@H]4C[C@H]3[C@H]2[C@@H]4O)c1)c1cnccn1. The Balaban J connectivity index is 1.41. The molecule has 5 rings (SSSR count). The second-order valence-corrected chi connectivity index (χ2v) is 9.67. The van der Waals surface area contributed by atoms with E-state index in [0.717, 1.165) is 12.8 Å². The van der Waals surface area contributed by atoms with E-state index in [4.69, 9.17) is 0 Å². The molecule has 28 heavy (non-hydrogen) atoms. The minimum Gasteiger partial charge on any atom is -0.391 e. The molecule has 0 spiro atoms. The number of hydrogen-bond acceptors (Lipinski definition) is 6. The minimum absolute atomic E-state index is 0.112. The summed E-state index contributed by atoms with van der Waals surface area (Å²) in [4.78, 5) is 20.2. The Morgan fingerprint density at radius 2 is 2.07 bits per heavy atom. The molecule has 3 aliphatic rings. The van der Waals surface area contributed by atoms with Gasteiger partial charge in [-0.25, -0.2) is 13.4 Å². The van der Waals surface area contributed by atoms with E-state index >= 15 is 0 Å². The number of benzene rings is 1. The van der Waals surface area contributed by atoms with Crippen LogP contribution in [0, 0.1) is 17.8 Å². The molecule has 8 nitrogen and oxygen atoms in total. The van der Waals surface area contributed by atoms with Gasteiger partial charge in [0.1, 0.15) is 5.69 Å². The zero-order valence-corrected chi connectivity index (χ0v) is 15.8. The third-order valence-electron chi connectivity index (χ3n) is 6.30. The van der Waals surface area contributed by atoms with Crippen LogP contribution in [0.1, 0.15) is 23.3 Å². The first-order valence-corrected chi connectivity index (χ1v) is 10.8. The normalized spacial score (nSPS) is 31.2. The lowest BCUT2D eigenvalue weighted by molar-refractivity contribution is 0.0731. The number of carbonyl (C=O) groups is 1. The van der Waals surface area contributed by atoms with E-state index in [2.05, 4.69) is 15.3 Å². The van der Waals surface area contributed by atoms with Crippen molar-refractivity contribution in [2.24, 2.45) is 17.8 Å². The third-order valence-corrected chi connectivity index (χ3v) is 8.16. The number of amides is 1. The van der Waals surface area contributed by atoms with E-state index in [-0.39, 0.29) is 28.5 Å². The molecule has 0 radical (unpaired) electrons. The molecule has 2 bridgehead atoms. The summed E-state index contributed by atoms with van der Waals surface area (Å²) in [7, 11) is -3.76. The highest BCUT2D eigenvalue weighted by Crippen LogP contribution is 2.56. The van der Waals surface area contributed by atoms with Crippen LogP contribution in [-0.2, 0) is 10.0 Å². The molecule has 0 unspecified atom stereocenters. The zero-order valence-electron chi connectivity index (χ0n) is 15.0. The molecule has 146 valence electrons. The maximum atomic E-state index is 13.3. The number of aliphatic hydroxyl groups excluding tert-OH is 1. The fraction of sp³-hybridized carbons (Fsp3) is 0.421. The van der Waals surface area contributed by atoms with Gasteiger partial charge in [0.05, 0.1) is 23.2 Å². The molecular formula is C19H20N4O4S. The number of carbonyl (C=O) groups excluding carboxylic acids is 1. The Kier molecular flexibility index (Phi) is 4.01. The monoisotopic (exact) mass is 400 g/mol. The lowest BCUT2D eigenvalue weighted by Gasteiger charge is -2.28. The molecule has 9 heteroatoms. The fourth-order valence-corrected chi connectivity index (χ4v) is 6.90. The Hall–Kier alpha value is -2.36. The molecular weight excluding hydrogens is 380 g/mol. The van der Waals surface area contributed by atoms with Crippen molar-refractivity contribution in [3.63, 3.8) is 0 Å². The van der Waals surface area contributed by atoms with Gasteiger partial charge in [-0.2, -0.15) is 4.31 Å². The lowest BCUT2D eigenvalue weighted by atomic mass is 9.88. The molecule has 2 aliphatic carbocycles. The molecule has 2 N–H and O–H groups in total. The molecule has 1 saturated heterocycles. The summed E-state index contributed by atoms with van der Waals surface area (Å²) >= 11 is 0. The van der Waals surface area contributed by atoms with E-state index in [1.54, 1.807) is 12.1 Å². The third kappa shape index (κ3) is 2.65. The van der Waals surface area contributed by atoms with E-state index < -0.39 is 22.0 Å². The summed E-state index contributed by atoms with van der Waals surface area (Å²) in [6, 6.07) is 5.86. The van der Waals surface area contributed by atoms with Gasteiger partial charge < -0.3 is 10.4 Å². The van der Waals surface area contributed by atoms with Gasteiger partial charge in [-0.1, -0.05) is 6.07 Å². The zero-order chi connectivity index (χ0) is 19.5. The van der Waals surface area contributed by atoms with E-state index in [9.17, 15) is 18.3 Å². The van der Waals surface area contributed by atoms with Gasteiger partial charge in [0.2, 0.25) is 10.0 Å². The molecule has 2 saturated carbocycles. The minimum atomic E-state index is -3.76. The summed E-state index contributed by atoms with van der Waals surface area (Å²) in [5.41, 5.74) is 0.510. The second kappa shape index (κ2) is 6.33. The number of fused-ring (bicyclic) bond motifs is 1. The van der Waals surface area contributed by atoms with Crippen molar-refractivity contribution in [3.05, 3.63) is 48.5 Å². The van der Waals surface area contributed by atoms with Gasteiger partial charge in [0.25, 0.3) is 5.91 Å². The Morgan fingerprint density at radius 1 is 1.21 bits per heavy atom. The predicted octanol–water partition coefficient (Wildman–Crippen LogP) is 1.12. The van der Waals surface area contributed by atoms with Crippen LogP contribution in [0.5, 0.6) is 0 Å². The van der Waals surface area contributed by atoms with Crippen molar-refractivity contribution in [1.29, 1.82) is 0 Å². The first-order chi connectivity index (χ1) is 13.4. The highest BCUT2D eigenvalue weighted by atomic mass is 32.2. The average molecular weight is 400 g/mol. The van der Waals surface area contributed by atoms with E-state index in [1.807, 2.05) is 0 Å². The number of nitrogens with zero attached hydrogens (tertiary/aromatic N) is 3. The van der Waals surface area contributed by atoms with Crippen LogP contribution >= 0.6 is 0 Å². The first-order valence-electron chi connectivity index (χ1n) is 9.32. The number of hydrogen-bond donors (Lipinski definition) is 2. The van der Waals surface area contributed by atoms with Crippen molar-refractivity contribution < 1.29 is 18.3 Å². The number of sulfonamides is 1. The number of aliphatic hydroxyl groups is 1. The largest absolute Gasteiger partial charge is 0.391 e. The maximum absolute atomic E-state index is 13.3. The van der Waals surface area contributed by atoms with E-state index in [0.29, 0.717) is 18.2 Å². The maximum Gasteiger partial charge on any atom is 0.275 e. The van der Waals surface area contributed by atoms with Crippen LogP contribution in [0.15, 0.2) is 47.8 Å². The standard InChI is InChI=1S/C19H20N4O4S/c24-18-11-6-12-10-23(17(18)15(12)7-11)28(26,27)14-3-1-2-13(8-14)22-19(25)16-9-20-4-5-21-16/h1-5,8-9,11-12,15,17-18,24H,6-7,10H2,(H,22,25)/t11-,12-,15+,17-,18+/m0/s1. The van der Waals surface area contributed by atoms with E-state index in [1.165, 1.54) is 35.0 Å². The van der Waals surface area contributed by atoms with Crippen LogP contribution in [-0.4, -0.2) is 52.4 Å². The van der Waals surface area contributed by atoms with Gasteiger partial charge in [-0.05, 0) is 48.8 Å². The first kappa shape index (κ1) is 17.7. The topological polar surface area (TPSA) is 112 Å². The number of nitrogens with one attached hydrogen (secondary N) is 1.